The van der Waals surface area contributed by atoms with E-state index in [1.807, 2.05) is 6.07 Å². The maximum Gasteiger partial charge on any atom is 0.266 e. The van der Waals surface area contributed by atoms with E-state index in [4.69, 9.17) is 14.2 Å². The van der Waals surface area contributed by atoms with Crippen LogP contribution in [0.3, 0.4) is 0 Å². The van der Waals surface area contributed by atoms with E-state index in [0.29, 0.717) is 35.2 Å². The molecule has 172 valence electrons. The summed E-state index contributed by atoms with van der Waals surface area (Å²) in [5.74, 6) is 0.476. The van der Waals surface area contributed by atoms with Crippen molar-refractivity contribution in [1.82, 2.24) is 9.88 Å². The third-order valence-corrected chi connectivity index (χ3v) is 6.25. The molecular formula is C23H28FN3O4S. The highest BCUT2D eigenvalue weighted by molar-refractivity contribution is 7.22. The van der Waals surface area contributed by atoms with Crippen LogP contribution in [0.15, 0.2) is 36.4 Å². The number of rotatable bonds is 11. The smallest absolute Gasteiger partial charge is 0.266 e. The lowest BCUT2D eigenvalue weighted by atomic mass is 10.3. The van der Waals surface area contributed by atoms with Crippen molar-refractivity contribution in [2.24, 2.45) is 0 Å². The molecule has 0 atom stereocenters. The van der Waals surface area contributed by atoms with Crippen LogP contribution in [0, 0.1) is 5.82 Å². The van der Waals surface area contributed by atoms with Crippen molar-refractivity contribution in [3.63, 3.8) is 0 Å². The third kappa shape index (κ3) is 5.28. The number of aromatic nitrogens is 1. The average Bonchev–Trinajstić information content (AvgIpc) is 3.25. The number of amides is 1. The number of benzene rings is 2. The van der Waals surface area contributed by atoms with Crippen LogP contribution in [-0.4, -0.2) is 62.8 Å². The Morgan fingerprint density at radius 3 is 2.34 bits per heavy atom. The number of carbonyl (C=O) groups excluding carboxylic acids is 1. The highest BCUT2D eigenvalue weighted by Crippen LogP contribution is 2.40. The molecule has 32 heavy (non-hydrogen) atoms. The Morgan fingerprint density at radius 2 is 1.69 bits per heavy atom. The van der Waals surface area contributed by atoms with Crippen molar-refractivity contribution < 1.29 is 23.4 Å². The number of carbonyl (C=O) groups is 1. The molecule has 0 unspecified atom stereocenters. The quantitative estimate of drug-likeness (QED) is 0.426. The fraction of sp³-hybridized carbons (Fsp3) is 0.391. The zero-order valence-corrected chi connectivity index (χ0v) is 19.6. The van der Waals surface area contributed by atoms with Gasteiger partial charge in [0.1, 0.15) is 21.7 Å². The van der Waals surface area contributed by atoms with Crippen molar-refractivity contribution in [3.8, 4) is 17.2 Å². The van der Waals surface area contributed by atoms with Crippen LogP contribution in [0.2, 0.25) is 0 Å². The summed E-state index contributed by atoms with van der Waals surface area (Å²) >= 11 is 1.35. The third-order valence-electron chi connectivity index (χ3n) is 5.15. The number of nitrogens with zero attached hydrogens (tertiary/aromatic N) is 3. The van der Waals surface area contributed by atoms with Gasteiger partial charge in [0, 0.05) is 13.1 Å². The summed E-state index contributed by atoms with van der Waals surface area (Å²) in [7, 11) is 3.16. The topological polar surface area (TPSA) is 64.1 Å². The zero-order chi connectivity index (χ0) is 23.1. The minimum absolute atomic E-state index is 0.0391. The first-order valence-corrected chi connectivity index (χ1v) is 11.3. The standard InChI is InChI=1S/C23H28FN3O4S/c1-5-26(6-2)13-14-27(20(28)15-31-17-10-8-7-9-16(17)24)23-25-21-18(29-3)11-12-19(30-4)22(21)32-23/h7-12H,5-6,13-15H2,1-4H3. The van der Waals surface area contributed by atoms with Gasteiger partial charge in [-0.15, -0.1) is 0 Å². The number of methoxy groups -OCH3 is 2. The lowest BCUT2D eigenvalue weighted by molar-refractivity contribution is -0.120. The molecule has 0 N–H and O–H groups in total. The predicted octanol–water partition coefficient (Wildman–Crippen LogP) is 4.21. The number of likely N-dealkylation sites (N-methyl/N-ethyl adjacent to an activating group) is 1. The summed E-state index contributed by atoms with van der Waals surface area (Å²) in [6.45, 7) is 6.67. The number of fused-ring (bicyclic) bond motifs is 1. The minimum Gasteiger partial charge on any atom is -0.495 e. The number of hydrogen-bond acceptors (Lipinski definition) is 7. The van der Waals surface area contributed by atoms with E-state index in [-0.39, 0.29) is 18.3 Å². The molecule has 0 aliphatic rings. The molecule has 0 bridgehead atoms. The number of ether oxygens (including phenoxy) is 3. The van der Waals surface area contributed by atoms with Gasteiger partial charge in [-0.25, -0.2) is 9.37 Å². The zero-order valence-electron chi connectivity index (χ0n) is 18.8. The summed E-state index contributed by atoms with van der Waals surface area (Å²) in [5, 5.41) is 0.511. The van der Waals surface area contributed by atoms with E-state index in [2.05, 4.69) is 23.7 Å². The van der Waals surface area contributed by atoms with E-state index in [0.717, 1.165) is 17.8 Å². The molecule has 0 radical (unpaired) electrons. The van der Waals surface area contributed by atoms with Gasteiger partial charge in [-0.2, -0.15) is 0 Å². The first kappa shape index (κ1) is 23.7. The Bertz CT molecular complexity index is 1010. The number of thiazole rings is 1. The predicted molar refractivity (Wildman–Crippen MR) is 125 cm³/mol. The molecule has 0 aliphatic heterocycles. The maximum absolute atomic E-state index is 13.9. The van der Waals surface area contributed by atoms with Crippen molar-refractivity contribution in [2.75, 3.05) is 51.9 Å². The van der Waals surface area contributed by atoms with Gasteiger partial charge >= 0.3 is 0 Å². The lowest BCUT2D eigenvalue weighted by Gasteiger charge is -2.24. The summed E-state index contributed by atoms with van der Waals surface area (Å²) in [4.78, 5) is 21.7. The second-order valence-corrected chi connectivity index (χ2v) is 7.91. The van der Waals surface area contributed by atoms with E-state index < -0.39 is 5.82 Å². The van der Waals surface area contributed by atoms with E-state index >= 15 is 0 Å². The van der Waals surface area contributed by atoms with Gasteiger partial charge in [0.2, 0.25) is 0 Å². The summed E-state index contributed by atoms with van der Waals surface area (Å²) in [5.41, 5.74) is 0.627. The molecule has 1 amide bonds. The Morgan fingerprint density at radius 1 is 1.00 bits per heavy atom. The fourth-order valence-corrected chi connectivity index (χ4v) is 4.39. The Hall–Kier alpha value is -2.91. The van der Waals surface area contributed by atoms with E-state index in [1.165, 1.54) is 23.5 Å². The first-order valence-electron chi connectivity index (χ1n) is 10.4. The highest BCUT2D eigenvalue weighted by atomic mass is 32.1. The highest BCUT2D eigenvalue weighted by Gasteiger charge is 2.23. The number of anilines is 1. The van der Waals surface area contributed by atoms with Crippen molar-refractivity contribution in [1.29, 1.82) is 0 Å². The second kappa shape index (κ2) is 11.1. The molecule has 9 heteroatoms. The molecule has 0 spiro atoms. The SMILES string of the molecule is CCN(CC)CCN(C(=O)COc1ccccc1F)c1nc2c(OC)ccc(OC)c2s1. The molecule has 0 saturated carbocycles. The van der Waals surface area contributed by atoms with Crippen molar-refractivity contribution >= 4 is 32.6 Å². The molecule has 7 nitrogen and oxygen atoms in total. The molecule has 1 heterocycles. The van der Waals surface area contributed by atoms with Gasteiger partial charge in [-0.1, -0.05) is 37.3 Å². The van der Waals surface area contributed by atoms with E-state index in [1.54, 1.807) is 37.3 Å². The van der Waals surface area contributed by atoms with Gasteiger partial charge in [0.25, 0.3) is 5.91 Å². The Labute approximate surface area is 191 Å². The molecule has 0 fully saturated rings. The molecule has 3 aromatic rings. The first-order chi connectivity index (χ1) is 15.5. The molecule has 0 aliphatic carbocycles. The largest absolute Gasteiger partial charge is 0.495 e. The van der Waals surface area contributed by atoms with Crippen LogP contribution in [0.4, 0.5) is 9.52 Å². The number of halogens is 1. The van der Waals surface area contributed by atoms with Gasteiger partial charge in [-0.05, 0) is 37.4 Å². The number of hydrogen-bond donors (Lipinski definition) is 0. The average molecular weight is 462 g/mol. The number of para-hydroxylation sites is 1. The Kier molecular flexibility index (Phi) is 8.24. The van der Waals surface area contributed by atoms with Crippen LogP contribution in [-0.2, 0) is 4.79 Å². The molecular weight excluding hydrogens is 433 g/mol. The normalized spacial score (nSPS) is 11.1. The molecule has 1 aromatic heterocycles. The van der Waals surface area contributed by atoms with Crippen LogP contribution < -0.4 is 19.1 Å². The van der Waals surface area contributed by atoms with Gasteiger partial charge < -0.3 is 19.1 Å². The van der Waals surface area contributed by atoms with Gasteiger partial charge in [0.05, 0.1) is 14.2 Å². The molecule has 0 saturated heterocycles. The fourth-order valence-electron chi connectivity index (χ4n) is 3.28. The molecule has 2 aromatic carbocycles. The maximum atomic E-state index is 13.9. The summed E-state index contributed by atoms with van der Waals surface area (Å²) in [6.07, 6.45) is 0. The van der Waals surface area contributed by atoms with Crippen LogP contribution in [0.1, 0.15) is 13.8 Å². The van der Waals surface area contributed by atoms with Crippen LogP contribution in [0.5, 0.6) is 17.2 Å². The van der Waals surface area contributed by atoms with Crippen molar-refractivity contribution in [3.05, 3.63) is 42.2 Å². The second-order valence-electron chi connectivity index (χ2n) is 6.94. The summed E-state index contributed by atoms with van der Waals surface area (Å²) in [6, 6.07) is 9.62. The van der Waals surface area contributed by atoms with Gasteiger partial charge in [-0.3, -0.25) is 9.69 Å². The lowest BCUT2D eigenvalue weighted by Crippen LogP contribution is -2.41. The van der Waals surface area contributed by atoms with Crippen LogP contribution in [0.25, 0.3) is 10.2 Å². The van der Waals surface area contributed by atoms with Gasteiger partial charge in [0.15, 0.2) is 23.3 Å². The minimum atomic E-state index is -0.510. The van der Waals surface area contributed by atoms with Crippen molar-refractivity contribution in [2.45, 2.75) is 13.8 Å². The Balaban J connectivity index is 1.91. The summed E-state index contributed by atoms with van der Waals surface area (Å²) < 4.78 is 31.1. The molecule has 3 rings (SSSR count). The van der Waals surface area contributed by atoms with Crippen LogP contribution >= 0.6 is 11.3 Å². The monoisotopic (exact) mass is 461 g/mol. The van der Waals surface area contributed by atoms with E-state index in [9.17, 15) is 9.18 Å².